The van der Waals surface area contributed by atoms with E-state index >= 15 is 0 Å². The minimum Gasteiger partial charge on any atom is -0.379 e. The van der Waals surface area contributed by atoms with E-state index in [0.29, 0.717) is 61.5 Å². The Hall–Kier alpha value is -3.07. The van der Waals surface area contributed by atoms with E-state index < -0.39 is 21.8 Å². The molecule has 1 aliphatic rings. The number of carbonyl (C=O) groups is 2. The summed E-state index contributed by atoms with van der Waals surface area (Å²) in [6.07, 6.45) is 0.373. The van der Waals surface area contributed by atoms with Crippen molar-refractivity contribution in [3.63, 3.8) is 0 Å². The van der Waals surface area contributed by atoms with E-state index in [4.69, 9.17) is 48.9 Å². The molecule has 248 valence electrons. The lowest BCUT2D eigenvalue weighted by molar-refractivity contribution is 0.0162. The summed E-state index contributed by atoms with van der Waals surface area (Å²) in [5.41, 5.74) is 14.4. The second kappa shape index (κ2) is 16.7. The van der Waals surface area contributed by atoms with Crippen LogP contribution in [0, 0.1) is 0 Å². The second-order valence-corrected chi connectivity index (χ2v) is 13.4. The molecule has 46 heavy (non-hydrogen) atoms. The van der Waals surface area contributed by atoms with Gasteiger partial charge in [-0.25, -0.2) is 13.1 Å². The van der Waals surface area contributed by atoms with Gasteiger partial charge >= 0.3 is 0 Å². The van der Waals surface area contributed by atoms with Crippen LogP contribution in [0.15, 0.2) is 59.5 Å². The van der Waals surface area contributed by atoms with Gasteiger partial charge in [-0.15, -0.1) is 0 Å². The Bertz CT molecular complexity index is 1660. The number of hydrogen-bond acceptors (Lipinski definition) is 8. The number of likely N-dealkylation sites (N-methyl/N-ethyl adjacent to an activating group) is 1. The van der Waals surface area contributed by atoms with Gasteiger partial charge in [0.2, 0.25) is 21.8 Å². The van der Waals surface area contributed by atoms with Crippen molar-refractivity contribution >= 4 is 45.0 Å². The number of nitrogens with zero attached hydrogens (tertiary/aromatic N) is 1. The van der Waals surface area contributed by atoms with Crippen LogP contribution in [-0.2, 0) is 37.2 Å². The normalized spacial score (nSPS) is 15.1. The van der Waals surface area contributed by atoms with Gasteiger partial charge in [-0.3, -0.25) is 9.59 Å². The first-order chi connectivity index (χ1) is 22.0. The number of fused-ring (bicyclic) bond motifs is 1. The van der Waals surface area contributed by atoms with Gasteiger partial charge in [0.15, 0.2) is 0 Å². The van der Waals surface area contributed by atoms with Gasteiger partial charge in [-0.1, -0.05) is 47.5 Å². The fourth-order valence-corrected chi connectivity index (χ4v) is 7.03. The van der Waals surface area contributed by atoms with E-state index in [1.54, 1.807) is 36.4 Å². The summed E-state index contributed by atoms with van der Waals surface area (Å²) in [5.74, 6) is -1.52. The van der Waals surface area contributed by atoms with Gasteiger partial charge in [-0.2, -0.15) is 0 Å². The predicted molar refractivity (Wildman–Crippen MR) is 176 cm³/mol. The fourth-order valence-electron chi connectivity index (χ4n) is 5.39. The van der Waals surface area contributed by atoms with Crippen LogP contribution in [0.5, 0.6) is 0 Å². The third kappa shape index (κ3) is 9.49. The maximum absolute atomic E-state index is 13.0. The average molecular weight is 694 g/mol. The van der Waals surface area contributed by atoms with Gasteiger partial charge in [-0.05, 0) is 66.1 Å². The number of ether oxygens (including phenoxy) is 3. The average Bonchev–Trinajstić information content (AvgIpc) is 3.01. The Morgan fingerprint density at radius 1 is 0.913 bits per heavy atom. The van der Waals surface area contributed by atoms with Crippen molar-refractivity contribution < 1.29 is 32.2 Å². The zero-order valence-electron chi connectivity index (χ0n) is 25.5. The third-order valence-corrected chi connectivity index (χ3v) is 9.54. The maximum atomic E-state index is 13.0. The molecule has 0 saturated heterocycles. The molecule has 0 aliphatic carbocycles. The molecular weight excluding hydrogens is 655 g/mol. The number of amides is 2. The molecular formula is C32H38Cl2N4O7S. The summed E-state index contributed by atoms with van der Waals surface area (Å²) in [6.45, 7) is 3.15. The highest BCUT2D eigenvalue weighted by Gasteiger charge is 2.28. The Labute approximate surface area is 279 Å². The number of benzene rings is 3. The molecule has 11 nitrogen and oxygen atoms in total. The number of rotatable bonds is 17. The molecule has 0 saturated carbocycles. The first kappa shape index (κ1) is 35.8. The minimum atomic E-state index is -3.77. The van der Waals surface area contributed by atoms with Crippen LogP contribution in [0.25, 0.3) is 0 Å². The summed E-state index contributed by atoms with van der Waals surface area (Å²) in [6, 6.07) is 15.3. The van der Waals surface area contributed by atoms with E-state index in [-0.39, 0.29) is 41.7 Å². The van der Waals surface area contributed by atoms with E-state index in [9.17, 15) is 18.0 Å². The Morgan fingerprint density at radius 3 is 2.28 bits per heavy atom. The van der Waals surface area contributed by atoms with Crippen molar-refractivity contribution in [1.29, 1.82) is 0 Å². The van der Waals surface area contributed by atoms with Crippen LogP contribution in [0.1, 0.15) is 48.9 Å². The molecule has 0 bridgehead atoms. The largest absolute Gasteiger partial charge is 0.379 e. The lowest BCUT2D eigenvalue weighted by Crippen LogP contribution is -2.31. The molecule has 14 heteroatoms. The highest BCUT2D eigenvalue weighted by molar-refractivity contribution is 7.89. The van der Waals surface area contributed by atoms with Gasteiger partial charge < -0.3 is 30.6 Å². The molecule has 0 fully saturated rings. The Balaban J connectivity index is 1.15. The second-order valence-electron chi connectivity index (χ2n) is 10.8. The number of hydrogen-bond donors (Lipinski definition) is 3. The summed E-state index contributed by atoms with van der Waals surface area (Å²) >= 11 is 12.8. The Morgan fingerprint density at radius 2 is 1.59 bits per heavy atom. The zero-order chi connectivity index (χ0) is 33.3. The molecule has 3 aromatic carbocycles. The monoisotopic (exact) mass is 692 g/mol. The molecule has 4 rings (SSSR count). The lowest BCUT2D eigenvalue weighted by atomic mass is 9.85. The summed E-state index contributed by atoms with van der Waals surface area (Å²) in [4.78, 5) is 25.7. The number of nitrogens with one attached hydrogen (secondary N) is 1. The minimum absolute atomic E-state index is 0.0797. The van der Waals surface area contributed by atoms with Gasteiger partial charge in [0, 0.05) is 35.6 Å². The molecule has 1 unspecified atom stereocenters. The number of primary amides is 2. The summed E-state index contributed by atoms with van der Waals surface area (Å²) in [7, 11) is -1.76. The number of sulfonamides is 1. The molecule has 1 heterocycles. The molecule has 0 radical (unpaired) electrons. The van der Waals surface area contributed by atoms with Crippen LogP contribution in [-0.4, -0.2) is 84.9 Å². The standard InChI is InChI=1S/C32H38Cl2N4O7S/c1-38-19-27(26-17-23(33)18-29(34)28(26)20-38)22-5-2-6-24(16-22)46(41,42)37-9-11-44-13-15-45-14-12-43-10-8-21-4-3-7-25(31(35)39)30(21)32(36)40/h2-7,16-18,27,37H,8-15,19-20H2,1H3,(H2,35,39)(H2,36,40). The third-order valence-electron chi connectivity index (χ3n) is 7.52. The Kier molecular flexibility index (Phi) is 13.0. The van der Waals surface area contributed by atoms with E-state index in [2.05, 4.69) is 9.62 Å². The molecule has 1 aliphatic heterocycles. The highest BCUT2D eigenvalue weighted by Crippen LogP contribution is 2.38. The summed E-state index contributed by atoms with van der Waals surface area (Å²) < 4.78 is 45.2. The van der Waals surface area contributed by atoms with Crippen molar-refractivity contribution in [2.45, 2.75) is 23.8 Å². The van der Waals surface area contributed by atoms with Crippen LogP contribution in [0.2, 0.25) is 10.0 Å². The van der Waals surface area contributed by atoms with Gasteiger partial charge in [0.1, 0.15) is 0 Å². The number of nitrogens with two attached hydrogens (primary N) is 2. The van der Waals surface area contributed by atoms with Crippen molar-refractivity contribution in [2.75, 3.05) is 59.8 Å². The van der Waals surface area contributed by atoms with Crippen LogP contribution in [0.3, 0.4) is 0 Å². The van der Waals surface area contributed by atoms with Crippen molar-refractivity contribution in [3.8, 4) is 0 Å². The number of carbonyl (C=O) groups excluding carboxylic acids is 2. The van der Waals surface area contributed by atoms with E-state index in [0.717, 1.165) is 16.7 Å². The van der Waals surface area contributed by atoms with Crippen molar-refractivity contribution in [1.82, 2.24) is 9.62 Å². The lowest BCUT2D eigenvalue weighted by Gasteiger charge is -2.33. The van der Waals surface area contributed by atoms with Gasteiger partial charge in [0.25, 0.3) is 0 Å². The van der Waals surface area contributed by atoms with E-state index in [1.807, 2.05) is 19.2 Å². The van der Waals surface area contributed by atoms with Crippen molar-refractivity contribution in [3.05, 3.63) is 98.0 Å². The van der Waals surface area contributed by atoms with E-state index in [1.165, 1.54) is 6.07 Å². The smallest absolute Gasteiger partial charge is 0.249 e. The maximum Gasteiger partial charge on any atom is 0.249 e. The molecule has 0 spiro atoms. The topological polar surface area (TPSA) is 163 Å². The first-order valence-electron chi connectivity index (χ1n) is 14.7. The molecule has 3 aromatic rings. The molecule has 5 N–H and O–H groups in total. The quantitative estimate of drug-likeness (QED) is 0.181. The van der Waals surface area contributed by atoms with Crippen LogP contribution in [0.4, 0.5) is 0 Å². The number of halogens is 2. The van der Waals surface area contributed by atoms with Crippen LogP contribution >= 0.6 is 23.2 Å². The first-order valence-corrected chi connectivity index (χ1v) is 16.9. The molecule has 1 atom stereocenters. The predicted octanol–water partition coefficient (Wildman–Crippen LogP) is 3.34. The van der Waals surface area contributed by atoms with Crippen molar-refractivity contribution in [2.24, 2.45) is 11.5 Å². The fraction of sp³-hybridized carbons (Fsp3) is 0.375. The molecule has 0 aromatic heterocycles. The zero-order valence-corrected chi connectivity index (χ0v) is 27.8. The summed E-state index contributed by atoms with van der Waals surface area (Å²) in [5, 5.41) is 1.15. The van der Waals surface area contributed by atoms with Gasteiger partial charge in [0.05, 0.1) is 55.7 Å². The molecule has 2 amide bonds. The van der Waals surface area contributed by atoms with Crippen LogP contribution < -0.4 is 16.2 Å². The highest BCUT2D eigenvalue weighted by atomic mass is 35.5. The SMILES string of the molecule is CN1Cc2c(Cl)cc(Cl)cc2C(c2cccc(S(=O)(=O)NCCOCCOCCOCCc3cccc(C(N)=O)c3C(N)=O)c2)C1.